The van der Waals surface area contributed by atoms with E-state index in [2.05, 4.69) is 11.9 Å². The van der Waals surface area contributed by atoms with Gasteiger partial charge in [0.25, 0.3) is 11.8 Å². The van der Waals surface area contributed by atoms with Crippen molar-refractivity contribution < 1.29 is 23.9 Å². The summed E-state index contributed by atoms with van der Waals surface area (Å²) in [5.74, 6) is -1.69. The maximum absolute atomic E-state index is 14.0. The van der Waals surface area contributed by atoms with Crippen molar-refractivity contribution in [3.05, 3.63) is 83.7 Å². The van der Waals surface area contributed by atoms with Gasteiger partial charge >= 0.3 is 0 Å². The highest BCUT2D eigenvalue weighted by Gasteiger charge is 2.65. The Labute approximate surface area is 208 Å². The number of benzene rings is 2. The van der Waals surface area contributed by atoms with Crippen molar-refractivity contribution in [2.24, 2.45) is 0 Å². The fraction of sp³-hybridized carbons (Fsp3) is 0.346. The number of fused-ring (bicyclic) bond motifs is 1. The monoisotopic (exact) mass is 497 g/mol. The van der Waals surface area contributed by atoms with Crippen molar-refractivity contribution in [2.75, 3.05) is 12.4 Å². The van der Waals surface area contributed by atoms with E-state index in [4.69, 9.17) is 0 Å². The molecule has 2 unspecified atom stereocenters. The number of halogens is 1. The Morgan fingerprint density at radius 2 is 2.00 bits per heavy atom. The molecule has 2 saturated heterocycles. The number of nitrogens with one attached hydrogen (secondary N) is 1. The van der Waals surface area contributed by atoms with Gasteiger partial charge in [0, 0.05) is 12.1 Å². The van der Waals surface area contributed by atoms with Gasteiger partial charge in [0.15, 0.2) is 6.10 Å². The maximum Gasteiger partial charge on any atom is 0.255 e. The van der Waals surface area contributed by atoms with E-state index in [0.717, 1.165) is 5.56 Å². The summed E-state index contributed by atoms with van der Waals surface area (Å²) in [4.78, 5) is 41.7. The molecule has 0 saturated carbocycles. The van der Waals surface area contributed by atoms with Gasteiger partial charge in [-0.2, -0.15) is 0 Å². The van der Waals surface area contributed by atoms with Crippen molar-refractivity contribution in [1.82, 2.24) is 15.1 Å². The minimum atomic E-state index is -1.60. The summed E-state index contributed by atoms with van der Waals surface area (Å²) in [7, 11) is 0. The average molecular weight is 498 g/mol. The minimum Gasteiger partial charge on any atom is -0.381 e. The van der Waals surface area contributed by atoms with Crippen LogP contribution in [0.4, 0.5) is 4.39 Å². The number of nitrogens with zero attached hydrogens (tertiary/aromatic N) is 2. The smallest absolute Gasteiger partial charge is 0.255 e. The lowest BCUT2D eigenvalue weighted by atomic mass is 9.93. The fourth-order valence-corrected chi connectivity index (χ4v) is 6.06. The first-order valence-corrected chi connectivity index (χ1v) is 12.3. The van der Waals surface area contributed by atoms with Gasteiger partial charge in [-0.3, -0.25) is 14.4 Å². The first kappa shape index (κ1) is 24.9. The minimum absolute atomic E-state index is 0.126. The second kappa shape index (κ2) is 9.83. The molecule has 4 atom stereocenters. The van der Waals surface area contributed by atoms with Crippen LogP contribution >= 0.6 is 11.8 Å². The molecule has 4 rings (SSSR count). The summed E-state index contributed by atoms with van der Waals surface area (Å²) in [6, 6.07) is 11.7. The van der Waals surface area contributed by atoms with Gasteiger partial charge in [-0.05, 0) is 43.5 Å². The van der Waals surface area contributed by atoms with Crippen LogP contribution in [0.25, 0.3) is 0 Å². The quantitative estimate of drug-likeness (QED) is 0.432. The Hall–Kier alpha value is -3.17. The normalized spacial score (nSPS) is 22.7. The zero-order chi connectivity index (χ0) is 25.3. The lowest BCUT2D eigenvalue weighted by molar-refractivity contribution is -0.166. The number of aliphatic hydroxyl groups excluding tert-OH is 1. The van der Waals surface area contributed by atoms with Gasteiger partial charge < -0.3 is 20.2 Å². The van der Waals surface area contributed by atoms with E-state index in [1.165, 1.54) is 41.8 Å². The molecule has 2 aliphatic rings. The molecule has 7 nitrogen and oxygen atoms in total. The van der Waals surface area contributed by atoms with Crippen LogP contribution in [0.15, 0.2) is 61.2 Å². The summed E-state index contributed by atoms with van der Waals surface area (Å²) in [6.45, 7) is 7.45. The van der Waals surface area contributed by atoms with Crippen LogP contribution in [-0.2, 0) is 16.0 Å². The number of likely N-dealkylation sites (tertiary alicyclic amines) is 1. The van der Waals surface area contributed by atoms with Crippen molar-refractivity contribution in [2.45, 2.75) is 43.3 Å². The molecule has 0 spiro atoms. The average Bonchev–Trinajstić information content (AvgIpc) is 3.17. The summed E-state index contributed by atoms with van der Waals surface area (Å²) in [6.07, 6.45) is 0.212. The Morgan fingerprint density at radius 1 is 1.29 bits per heavy atom. The van der Waals surface area contributed by atoms with Crippen LogP contribution in [0.2, 0.25) is 0 Å². The van der Waals surface area contributed by atoms with Crippen LogP contribution in [-0.4, -0.2) is 68.1 Å². The van der Waals surface area contributed by atoms with Gasteiger partial charge in [-0.15, -0.1) is 18.3 Å². The van der Waals surface area contributed by atoms with Gasteiger partial charge in [0.2, 0.25) is 5.91 Å². The van der Waals surface area contributed by atoms with Crippen LogP contribution in [0.1, 0.15) is 28.4 Å². The molecule has 0 aromatic heterocycles. The SMILES string of the molecule is C=CCN1C(=O)[C@H]2N(C(=O)[C@@H](O)C(Cc3ccccc3)NC(=O)c3cccc(F)c3C)CSC21C. The zero-order valence-corrected chi connectivity index (χ0v) is 20.4. The fourth-order valence-electron chi connectivity index (χ4n) is 4.67. The largest absolute Gasteiger partial charge is 0.381 e. The predicted molar refractivity (Wildman–Crippen MR) is 132 cm³/mol. The molecule has 2 aliphatic heterocycles. The number of aliphatic hydroxyl groups is 1. The number of rotatable bonds is 8. The molecule has 0 aliphatic carbocycles. The van der Waals surface area contributed by atoms with Crippen LogP contribution in [0.3, 0.4) is 0 Å². The third-order valence-electron chi connectivity index (χ3n) is 6.71. The highest BCUT2D eigenvalue weighted by atomic mass is 32.2. The van der Waals surface area contributed by atoms with Crippen LogP contribution in [0, 0.1) is 12.7 Å². The Balaban J connectivity index is 1.57. The van der Waals surface area contributed by atoms with E-state index in [9.17, 15) is 23.9 Å². The number of amides is 3. The first-order valence-electron chi connectivity index (χ1n) is 11.3. The highest BCUT2D eigenvalue weighted by Crippen LogP contribution is 2.50. The molecular weight excluding hydrogens is 469 g/mol. The summed E-state index contributed by atoms with van der Waals surface area (Å²) in [5, 5.41) is 13.9. The van der Waals surface area contributed by atoms with E-state index in [-0.39, 0.29) is 29.3 Å². The Kier molecular flexibility index (Phi) is 7.00. The lowest BCUT2D eigenvalue weighted by Crippen LogP contribution is -2.73. The van der Waals surface area contributed by atoms with E-state index in [1.807, 2.05) is 37.3 Å². The second-order valence-corrected chi connectivity index (χ2v) is 10.3. The third-order valence-corrected chi connectivity index (χ3v) is 8.14. The summed E-state index contributed by atoms with van der Waals surface area (Å²) in [5.41, 5.74) is 1.11. The second-order valence-electron chi connectivity index (χ2n) is 8.90. The van der Waals surface area contributed by atoms with Crippen molar-refractivity contribution >= 4 is 29.5 Å². The van der Waals surface area contributed by atoms with Gasteiger partial charge in [0.05, 0.1) is 11.9 Å². The molecule has 0 bridgehead atoms. The summed E-state index contributed by atoms with van der Waals surface area (Å²) < 4.78 is 14.0. The number of thioether (sulfide) groups is 1. The number of hydrogen-bond acceptors (Lipinski definition) is 5. The number of carbonyl (C=O) groups is 3. The summed E-state index contributed by atoms with van der Waals surface area (Å²) >= 11 is 1.45. The van der Waals surface area contributed by atoms with Crippen molar-refractivity contribution in [3.63, 3.8) is 0 Å². The predicted octanol–water partition coefficient (Wildman–Crippen LogP) is 2.48. The van der Waals surface area contributed by atoms with E-state index >= 15 is 0 Å². The number of carbonyl (C=O) groups excluding carboxylic acids is 3. The van der Waals surface area contributed by atoms with Crippen molar-refractivity contribution in [1.29, 1.82) is 0 Å². The topological polar surface area (TPSA) is 90.0 Å². The molecule has 3 amide bonds. The highest BCUT2D eigenvalue weighted by molar-refractivity contribution is 8.01. The molecule has 2 heterocycles. The molecule has 0 radical (unpaired) electrons. The molecular formula is C26H28FN3O4S. The standard InChI is InChI=1S/C26H28FN3O4S/c1-4-13-30-25(34)22-26(30,3)35-15-29(22)24(33)21(31)20(14-17-9-6-5-7-10-17)28-23(32)18-11-8-12-19(27)16(18)2/h4-12,20-22,31H,1,13-15H2,2-3H3,(H,28,32)/t20?,21-,22+,26?/m0/s1. The van der Waals surface area contributed by atoms with Gasteiger partial charge in [-0.25, -0.2) is 4.39 Å². The van der Waals surface area contributed by atoms with Crippen molar-refractivity contribution in [3.8, 4) is 0 Å². The first-order chi connectivity index (χ1) is 16.7. The molecule has 184 valence electrons. The third kappa shape index (κ3) is 4.46. The molecule has 35 heavy (non-hydrogen) atoms. The van der Waals surface area contributed by atoms with E-state index < -0.39 is 40.7 Å². The molecule has 2 aromatic carbocycles. The van der Waals surface area contributed by atoms with Gasteiger partial charge in [-0.1, -0.05) is 42.5 Å². The Bertz CT molecular complexity index is 1160. The molecule has 2 N–H and O–H groups in total. The molecule has 2 fully saturated rings. The maximum atomic E-state index is 14.0. The van der Waals surface area contributed by atoms with E-state index in [1.54, 1.807) is 11.0 Å². The van der Waals surface area contributed by atoms with Gasteiger partial charge in [0.1, 0.15) is 16.7 Å². The zero-order valence-electron chi connectivity index (χ0n) is 19.6. The lowest BCUT2D eigenvalue weighted by Gasteiger charge is -2.52. The molecule has 9 heteroatoms. The van der Waals surface area contributed by atoms with Crippen LogP contribution < -0.4 is 5.32 Å². The number of hydrogen-bond donors (Lipinski definition) is 2. The molecule has 2 aromatic rings. The van der Waals surface area contributed by atoms with E-state index in [0.29, 0.717) is 6.54 Å². The number of β-lactam (4-membered cyclic amide) rings is 1. The Morgan fingerprint density at radius 3 is 2.69 bits per heavy atom. The van der Waals surface area contributed by atoms with Crippen LogP contribution in [0.5, 0.6) is 0 Å².